The number of carbonyl (C=O) groups is 1. The third kappa shape index (κ3) is 4.12. The van der Waals surface area contributed by atoms with E-state index in [0.29, 0.717) is 5.13 Å². The lowest BCUT2D eigenvalue weighted by Crippen LogP contribution is -2.27. The Morgan fingerprint density at radius 3 is 2.80 bits per heavy atom. The molecule has 0 saturated carbocycles. The summed E-state index contributed by atoms with van der Waals surface area (Å²) in [7, 11) is 0. The zero-order chi connectivity index (χ0) is 11.5. The molecule has 0 fully saturated rings. The Bertz CT molecular complexity index is 366. The summed E-state index contributed by atoms with van der Waals surface area (Å²) in [5, 5.41) is 4.87. The Morgan fingerprint density at radius 2 is 2.33 bits per heavy atom. The van der Waals surface area contributed by atoms with Gasteiger partial charge in [0.25, 0.3) is 0 Å². The molecule has 0 aliphatic heterocycles. The predicted molar refractivity (Wildman–Crippen MR) is 62.1 cm³/mol. The molecule has 1 aromatic heterocycles. The molecule has 0 aromatic carbocycles. The molecule has 0 unspecified atom stereocenters. The molecule has 82 valence electrons. The summed E-state index contributed by atoms with van der Waals surface area (Å²) in [6.45, 7) is 9.01. The van der Waals surface area contributed by atoms with E-state index in [-0.39, 0.29) is 0 Å². The average Bonchev–Trinajstić information content (AvgIpc) is 2.48. The number of carbonyl (C=O) groups excluding carboxylic acids is 1. The van der Waals surface area contributed by atoms with Gasteiger partial charge >= 0.3 is 6.09 Å². The van der Waals surface area contributed by atoms with E-state index in [4.69, 9.17) is 4.74 Å². The van der Waals surface area contributed by atoms with Gasteiger partial charge in [0.05, 0.1) is 5.69 Å². The second-order valence-corrected chi connectivity index (χ2v) is 4.77. The summed E-state index contributed by atoms with van der Waals surface area (Å²) in [5.41, 5.74) is 0.244. The first-order valence-corrected chi connectivity index (χ1v) is 5.36. The highest BCUT2D eigenvalue weighted by molar-refractivity contribution is 7.14. The van der Waals surface area contributed by atoms with E-state index in [0.717, 1.165) is 5.69 Å². The molecule has 0 aliphatic carbocycles. The molecule has 1 aromatic rings. The second kappa shape index (κ2) is 4.44. The number of amides is 1. The van der Waals surface area contributed by atoms with E-state index < -0.39 is 11.7 Å². The fourth-order valence-electron chi connectivity index (χ4n) is 0.828. The Balaban J connectivity index is 2.55. The van der Waals surface area contributed by atoms with Crippen LogP contribution in [0.15, 0.2) is 12.0 Å². The van der Waals surface area contributed by atoms with Crippen molar-refractivity contribution in [1.29, 1.82) is 0 Å². The maximum absolute atomic E-state index is 11.3. The lowest BCUT2D eigenvalue weighted by atomic mass is 10.2. The van der Waals surface area contributed by atoms with Crippen LogP contribution in [-0.4, -0.2) is 16.7 Å². The van der Waals surface area contributed by atoms with Crippen molar-refractivity contribution in [2.24, 2.45) is 0 Å². The van der Waals surface area contributed by atoms with Gasteiger partial charge in [0.1, 0.15) is 5.60 Å². The van der Waals surface area contributed by atoms with Crippen LogP contribution in [0.2, 0.25) is 0 Å². The highest BCUT2D eigenvalue weighted by atomic mass is 32.1. The van der Waals surface area contributed by atoms with E-state index in [1.165, 1.54) is 11.3 Å². The monoisotopic (exact) mass is 226 g/mol. The Kier molecular flexibility index (Phi) is 3.47. The van der Waals surface area contributed by atoms with E-state index in [1.807, 2.05) is 20.8 Å². The fraction of sp³-hybridized carbons (Fsp3) is 0.400. The summed E-state index contributed by atoms with van der Waals surface area (Å²) in [4.78, 5) is 15.4. The van der Waals surface area contributed by atoms with E-state index >= 15 is 0 Å². The van der Waals surface area contributed by atoms with Gasteiger partial charge in [0.2, 0.25) is 0 Å². The van der Waals surface area contributed by atoms with Crippen LogP contribution in [0.4, 0.5) is 9.93 Å². The number of hydrogen-bond donors (Lipinski definition) is 1. The zero-order valence-corrected chi connectivity index (χ0v) is 9.85. The largest absolute Gasteiger partial charge is 0.444 e. The SMILES string of the molecule is C=Cc1csc(NC(=O)OC(C)(C)C)n1. The van der Waals surface area contributed by atoms with Crippen molar-refractivity contribution < 1.29 is 9.53 Å². The number of hydrogen-bond acceptors (Lipinski definition) is 4. The molecule has 1 amide bonds. The van der Waals surface area contributed by atoms with Gasteiger partial charge in [0.15, 0.2) is 5.13 Å². The molecule has 5 heteroatoms. The predicted octanol–water partition coefficient (Wildman–Crippen LogP) is 3.13. The zero-order valence-electron chi connectivity index (χ0n) is 9.03. The normalized spacial score (nSPS) is 10.9. The summed E-state index contributed by atoms with van der Waals surface area (Å²) >= 11 is 1.33. The van der Waals surface area contributed by atoms with Crippen molar-refractivity contribution in [3.8, 4) is 0 Å². The maximum atomic E-state index is 11.3. The van der Waals surface area contributed by atoms with Crippen LogP contribution < -0.4 is 5.32 Å². The number of anilines is 1. The van der Waals surface area contributed by atoms with Gasteiger partial charge in [-0.1, -0.05) is 6.58 Å². The molecular formula is C10H14N2O2S. The first-order chi connectivity index (χ1) is 6.90. The number of nitrogens with one attached hydrogen (secondary N) is 1. The van der Waals surface area contributed by atoms with Gasteiger partial charge in [-0.15, -0.1) is 11.3 Å². The van der Waals surface area contributed by atoms with Crippen LogP contribution in [-0.2, 0) is 4.74 Å². The smallest absolute Gasteiger partial charge is 0.413 e. The molecule has 0 atom stereocenters. The molecule has 0 saturated heterocycles. The van der Waals surface area contributed by atoms with Crippen molar-refractivity contribution in [2.75, 3.05) is 5.32 Å². The fourth-order valence-corrected chi connectivity index (χ4v) is 1.51. The summed E-state index contributed by atoms with van der Waals surface area (Å²) in [6.07, 6.45) is 1.13. The van der Waals surface area contributed by atoms with Crippen molar-refractivity contribution >= 4 is 28.6 Å². The third-order valence-electron chi connectivity index (χ3n) is 1.34. The number of thiazole rings is 1. The Labute approximate surface area is 93.0 Å². The van der Waals surface area contributed by atoms with Crippen LogP contribution in [0.3, 0.4) is 0 Å². The average molecular weight is 226 g/mol. The van der Waals surface area contributed by atoms with Crippen molar-refractivity contribution in [2.45, 2.75) is 26.4 Å². The number of ether oxygens (including phenoxy) is 1. The van der Waals surface area contributed by atoms with Crippen molar-refractivity contribution in [3.63, 3.8) is 0 Å². The quantitative estimate of drug-likeness (QED) is 0.842. The van der Waals surface area contributed by atoms with Crippen LogP contribution in [0.25, 0.3) is 6.08 Å². The van der Waals surface area contributed by atoms with Gasteiger partial charge in [-0.25, -0.2) is 9.78 Å². The Morgan fingerprint density at radius 1 is 1.67 bits per heavy atom. The second-order valence-electron chi connectivity index (χ2n) is 3.91. The summed E-state index contributed by atoms with van der Waals surface area (Å²) < 4.78 is 5.08. The van der Waals surface area contributed by atoms with Gasteiger partial charge in [-0.2, -0.15) is 0 Å². The van der Waals surface area contributed by atoms with Gasteiger partial charge in [-0.05, 0) is 26.8 Å². The maximum Gasteiger partial charge on any atom is 0.413 e. The first-order valence-electron chi connectivity index (χ1n) is 4.49. The highest BCUT2D eigenvalue weighted by Gasteiger charge is 2.16. The minimum Gasteiger partial charge on any atom is -0.444 e. The van der Waals surface area contributed by atoms with Crippen LogP contribution in [0.1, 0.15) is 26.5 Å². The molecule has 0 bridgehead atoms. The molecule has 1 N–H and O–H groups in total. The molecule has 4 nitrogen and oxygen atoms in total. The van der Waals surface area contributed by atoms with Crippen LogP contribution in [0, 0.1) is 0 Å². The topological polar surface area (TPSA) is 51.2 Å². The van der Waals surface area contributed by atoms with Crippen LogP contribution in [0.5, 0.6) is 0 Å². The minimum absolute atomic E-state index is 0.493. The highest BCUT2D eigenvalue weighted by Crippen LogP contribution is 2.17. The number of nitrogens with zero attached hydrogens (tertiary/aromatic N) is 1. The van der Waals surface area contributed by atoms with Gasteiger partial charge in [-0.3, -0.25) is 5.32 Å². The molecule has 0 spiro atoms. The summed E-state index contributed by atoms with van der Waals surface area (Å²) in [6, 6.07) is 0. The molecule has 15 heavy (non-hydrogen) atoms. The molecule has 0 aliphatic rings. The lowest BCUT2D eigenvalue weighted by molar-refractivity contribution is 0.0636. The van der Waals surface area contributed by atoms with Crippen LogP contribution >= 0.6 is 11.3 Å². The third-order valence-corrected chi connectivity index (χ3v) is 2.11. The first kappa shape index (κ1) is 11.7. The molecule has 1 heterocycles. The lowest BCUT2D eigenvalue weighted by Gasteiger charge is -2.18. The van der Waals surface area contributed by atoms with E-state index in [1.54, 1.807) is 11.5 Å². The Hall–Kier alpha value is -1.36. The van der Waals surface area contributed by atoms with E-state index in [9.17, 15) is 4.79 Å². The van der Waals surface area contributed by atoms with Crippen molar-refractivity contribution in [1.82, 2.24) is 4.98 Å². The van der Waals surface area contributed by atoms with Gasteiger partial charge in [0, 0.05) is 5.38 Å². The number of rotatable bonds is 2. The van der Waals surface area contributed by atoms with E-state index in [2.05, 4.69) is 16.9 Å². The van der Waals surface area contributed by atoms with Gasteiger partial charge < -0.3 is 4.74 Å². The standard InChI is InChI=1S/C10H14N2O2S/c1-5-7-6-15-8(11-7)12-9(13)14-10(2,3)4/h5-6H,1H2,2-4H3,(H,11,12,13). The summed E-state index contributed by atoms with van der Waals surface area (Å²) in [5.74, 6) is 0. The minimum atomic E-state index is -0.497. The molecular weight excluding hydrogens is 212 g/mol. The molecule has 0 radical (unpaired) electrons. The van der Waals surface area contributed by atoms with Crippen molar-refractivity contribution in [3.05, 3.63) is 17.7 Å². The number of aromatic nitrogens is 1. The molecule has 1 rings (SSSR count).